The predicted octanol–water partition coefficient (Wildman–Crippen LogP) is 1.59. The first-order valence-electron chi connectivity index (χ1n) is 7.70. The summed E-state index contributed by atoms with van der Waals surface area (Å²) in [4.78, 5) is 0. The lowest BCUT2D eigenvalue weighted by molar-refractivity contribution is 0.163. The maximum absolute atomic E-state index is 12.8. The van der Waals surface area contributed by atoms with Crippen LogP contribution in [0.2, 0.25) is 0 Å². The van der Waals surface area contributed by atoms with Crippen LogP contribution in [0.1, 0.15) is 46.5 Å². The smallest absolute Gasteiger partial charge is 0.218 e. The van der Waals surface area contributed by atoms with E-state index < -0.39 is 10.0 Å². The van der Waals surface area contributed by atoms with Crippen LogP contribution < -0.4 is 5.32 Å². The average Bonchev–Trinajstić information content (AvgIpc) is 3.24. The molecule has 120 valence electrons. The quantitative estimate of drug-likeness (QED) is 0.630. The van der Waals surface area contributed by atoms with Crippen LogP contribution in [0.15, 0.2) is 0 Å². The summed E-state index contributed by atoms with van der Waals surface area (Å²) in [6.45, 7) is 7.30. The standard InChI is InChI=1S/C14H30N2O3S/c1-5-14(6-2)16(9-10-19-4)20(17,18)12(3)11-15-13-7-8-13/h12-15H,5-11H2,1-4H3. The molecule has 1 unspecified atom stereocenters. The van der Waals surface area contributed by atoms with Crippen LogP contribution in [0.25, 0.3) is 0 Å². The van der Waals surface area contributed by atoms with E-state index in [1.165, 1.54) is 12.8 Å². The van der Waals surface area contributed by atoms with E-state index in [2.05, 4.69) is 5.32 Å². The van der Waals surface area contributed by atoms with Crippen molar-refractivity contribution in [1.29, 1.82) is 0 Å². The van der Waals surface area contributed by atoms with Gasteiger partial charge in [0.05, 0.1) is 11.9 Å². The fourth-order valence-electron chi connectivity index (χ4n) is 2.35. The monoisotopic (exact) mass is 306 g/mol. The van der Waals surface area contributed by atoms with Gasteiger partial charge in [-0.15, -0.1) is 0 Å². The molecular weight excluding hydrogens is 276 g/mol. The molecule has 0 aromatic rings. The highest BCUT2D eigenvalue weighted by Gasteiger charge is 2.33. The number of sulfonamides is 1. The summed E-state index contributed by atoms with van der Waals surface area (Å²) in [5, 5.41) is 2.92. The van der Waals surface area contributed by atoms with Crippen molar-refractivity contribution in [2.75, 3.05) is 26.8 Å². The van der Waals surface area contributed by atoms with Crippen LogP contribution >= 0.6 is 0 Å². The third-order valence-electron chi connectivity index (χ3n) is 3.97. The molecule has 1 aliphatic carbocycles. The first-order chi connectivity index (χ1) is 9.47. The van der Waals surface area contributed by atoms with Gasteiger partial charge < -0.3 is 10.1 Å². The van der Waals surface area contributed by atoms with E-state index in [1.807, 2.05) is 13.8 Å². The Morgan fingerprint density at radius 3 is 2.35 bits per heavy atom. The molecule has 0 aromatic carbocycles. The van der Waals surface area contributed by atoms with Gasteiger partial charge in [0.15, 0.2) is 0 Å². The Hall–Kier alpha value is -0.170. The fourth-order valence-corrected chi connectivity index (χ4v) is 4.16. The van der Waals surface area contributed by atoms with Crippen molar-refractivity contribution in [3.8, 4) is 0 Å². The van der Waals surface area contributed by atoms with Crippen LogP contribution in [-0.2, 0) is 14.8 Å². The van der Waals surface area contributed by atoms with Crippen molar-refractivity contribution in [1.82, 2.24) is 9.62 Å². The Balaban J connectivity index is 2.72. The van der Waals surface area contributed by atoms with Crippen LogP contribution in [0.5, 0.6) is 0 Å². The molecule has 0 saturated heterocycles. The molecule has 0 amide bonds. The summed E-state index contributed by atoms with van der Waals surface area (Å²) in [7, 11) is -1.67. The summed E-state index contributed by atoms with van der Waals surface area (Å²) >= 11 is 0. The first-order valence-corrected chi connectivity index (χ1v) is 9.20. The maximum atomic E-state index is 12.8. The van der Waals surface area contributed by atoms with Crippen molar-refractivity contribution >= 4 is 10.0 Å². The Kier molecular flexibility index (Phi) is 7.43. The second-order valence-electron chi connectivity index (χ2n) is 5.61. The first kappa shape index (κ1) is 17.9. The topological polar surface area (TPSA) is 58.6 Å². The number of hydrogen-bond acceptors (Lipinski definition) is 4. The number of nitrogens with one attached hydrogen (secondary N) is 1. The molecule has 1 rings (SSSR count). The molecule has 0 spiro atoms. The molecular formula is C14H30N2O3S. The normalized spacial score (nSPS) is 17.9. The number of hydrogen-bond donors (Lipinski definition) is 1. The van der Waals surface area contributed by atoms with Gasteiger partial charge in [0.2, 0.25) is 10.0 Å². The van der Waals surface area contributed by atoms with Crippen molar-refractivity contribution in [3.63, 3.8) is 0 Å². The van der Waals surface area contributed by atoms with Gasteiger partial charge in [0.1, 0.15) is 0 Å². The minimum absolute atomic E-state index is 0.0681. The summed E-state index contributed by atoms with van der Waals surface area (Å²) in [5.41, 5.74) is 0. The van der Waals surface area contributed by atoms with Crippen LogP contribution in [0.4, 0.5) is 0 Å². The van der Waals surface area contributed by atoms with Crippen LogP contribution in [0, 0.1) is 0 Å². The van der Waals surface area contributed by atoms with Gasteiger partial charge in [0.25, 0.3) is 0 Å². The number of rotatable bonds is 11. The summed E-state index contributed by atoms with van der Waals surface area (Å²) in [6.07, 6.45) is 4.02. The van der Waals surface area contributed by atoms with E-state index in [-0.39, 0.29) is 11.3 Å². The molecule has 1 atom stereocenters. The van der Waals surface area contributed by atoms with Crippen LogP contribution in [0.3, 0.4) is 0 Å². The molecule has 20 heavy (non-hydrogen) atoms. The van der Waals surface area contributed by atoms with Crippen molar-refractivity contribution in [3.05, 3.63) is 0 Å². The number of nitrogens with zero attached hydrogens (tertiary/aromatic N) is 1. The van der Waals surface area contributed by atoms with E-state index in [0.717, 1.165) is 12.8 Å². The van der Waals surface area contributed by atoms with E-state index in [4.69, 9.17) is 4.74 Å². The minimum atomic E-state index is -3.27. The molecule has 0 bridgehead atoms. The molecule has 1 N–H and O–H groups in total. The Bertz CT molecular complexity index is 365. The van der Waals surface area contributed by atoms with Gasteiger partial charge in [0, 0.05) is 32.3 Å². The molecule has 0 aliphatic heterocycles. The molecule has 1 aliphatic rings. The zero-order valence-electron chi connectivity index (χ0n) is 13.3. The van der Waals surface area contributed by atoms with Crippen LogP contribution in [-0.4, -0.2) is 56.9 Å². The van der Waals surface area contributed by atoms with Gasteiger partial charge >= 0.3 is 0 Å². The van der Waals surface area contributed by atoms with Gasteiger partial charge in [-0.25, -0.2) is 8.42 Å². The highest BCUT2D eigenvalue weighted by molar-refractivity contribution is 7.89. The Labute approximate surface area is 124 Å². The third-order valence-corrected chi connectivity index (χ3v) is 6.29. The molecule has 6 heteroatoms. The van der Waals surface area contributed by atoms with E-state index in [9.17, 15) is 8.42 Å². The Morgan fingerprint density at radius 1 is 1.30 bits per heavy atom. The second-order valence-corrected chi connectivity index (χ2v) is 7.92. The third kappa shape index (κ3) is 4.98. The minimum Gasteiger partial charge on any atom is -0.383 e. The van der Waals surface area contributed by atoms with Gasteiger partial charge in [-0.05, 0) is 32.6 Å². The predicted molar refractivity (Wildman–Crippen MR) is 82.4 cm³/mol. The highest BCUT2D eigenvalue weighted by atomic mass is 32.2. The summed E-state index contributed by atoms with van der Waals surface area (Å²) in [5.74, 6) is 0. The van der Waals surface area contributed by atoms with E-state index in [1.54, 1.807) is 18.3 Å². The number of methoxy groups -OCH3 is 1. The molecule has 1 saturated carbocycles. The summed E-state index contributed by atoms with van der Waals surface area (Å²) < 4.78 is 32.2. The lowest BCUT2D eigenvalue weighted by Crippen LogP contribution is -2.48. The molecule has 0 heterocycles. The van der Waals surface area contributed by atoms with E-state index in [0.29, 0.717) is 25.7 Å². The van der Waals surface area contributed by atoms with E-state index >= 15 is 0 Å². The van der Waals surface area contributed by atoms with Gasteiger partial charge in [-0.2, -0.15) is 4.31 Å². The number of ether oxygens (including phenoxy) is 1. The zero-order valence-corrected chi connectivity index (χ0v) is 14.1. The molecule has 0 radical (unpaired) electrons. The van der Waals surface area contributed by atoms with Gasteiger partial charge in [-0.3, -0.25) is 0 Å². The maximum Gasteiger partial charge on any atom is 0.218 e. The lowest BCUT2D eigenvalue weighted by Gasteiger charge is -2.32. The lowest BCUT2D eigenvalue weighted by atomic mass is 10.2. The fraction of sp³-hybridized carbons (Fsp3) is 1.00. The average molecular weight is 306 g/mol. The molecule has 1 fully saturated rings. The highest BCUT2D eigenvalue weighted by Crippen LogP contribution is 2.21. The zero-order chi connectivity index (χ0) is 15.2. The van der Waals surface area contributed by atoms with Gasteiger partial charge in [-0.1, -0.05) is 13.8 Å². The second kappa shape index (κ2) is 8.32. The van der Waals surface area contributed by atoms with Crippen molar-refractivity contribution < 1.29 is 13.2 Å². The Morgan fingerprint density at radius 2 is 1.90 bits per heavy atom. The molecule has 5 nitrogen and oxygen atoms in total. The summed E-state index contributed by atoms with van der Waals surface area (Å²) in [6, 6.07) is 0.603. The molecule has 0 aromatic heterocycles. The largest absolute Gasteiger partial charge is 0.383 e. The SMILES string of the molecule is CCC(CC)N(CCOC)S(=O)(=O)C(C)CNC1CC1. The van der Waals surface area contributed by atoms with Crippen molar-refractivity contribution in [2.24, 2.45) is 0 Å². The van der Waals surface area contributed by atoms with Crippen molar-refractivity contribution in [2.45, 2.75) is 63.8 Å².